The number of carbonyl (C=O) groups is 3. The molecule has 2 aliphatic heterocycles. The van der Waals surface area contributed by atoms with Gasteiger partial charge in [-0.2, -0.15) is 13.2 Å². The van der Waals surface area contributed by atoms with Crippen LogP contribution in [-0.4, -0.2) is 78.2 Å². The lowest BCUT2D eigenvalue weighted by atomic mass is 10.0. The molecule has 3 fully saturated rings. The number of fused-ring (bicyclic) bond motifs is 3. The Hall–Kier alpha value is -5.64. The predicted octanol–water partition coefficient (Wildman–Crippen LogP) is 7.15. The van der Waals surface area contributed by atoms with E-state index in [-0.39, 0.29) is 31.5 Å². The fourth-order valence-electron chi connectivity index (χ4n) is 8.27. The van der Waals surface area contributed by atoms with E-state index in [1.807, 2.05) is 48.6 Å². The summed E-state index contributed by atoms with van der Waals surface area (Å²) in [6.45, 7) is 1.49. The van der Waals surface area contributed by atoms with E-state index in [9.17, 15) is 36.0 Å². The maximum absolute atomic E-state index is 14.8. The number of benzene rings is 3. The summed E-state index contributed by atoms with van der Waals surface area (Å²) in [6.07, 6.45) is 2.20. The van der Waals surface area contributed by atoms with Gasteiger partial charge in [0, 0.05) is 41.1 Å². The lowest BCUT2D eigenvalue weighted by Crippen LogP contribution is -2.58. The van der Waals surface area contributed by atoms with E-state index in [2.05, 4.69) is 15.4 Å². The number of amides is 3. The molecule has 3 N–H and O–H groups in total. The van der Waals surface area contributed by atoms with Gasteiger partial charge in [-0.25, -0.2) is 13.4 Å². The van der Waals surface area contributed by atoms with Crippen LogP contribution in [0.25, 0.3) is 22.2 Å². The van der Waals surface area contributed by atoms with Crippen LogP contribution in [0.3, 0.4) is 0 Å². The van der Waals surface area contributed by atoms with E-state index < -0.39 is 73.9 Å². The molecule has 61 heavy (non-hydrogen) atoms. The fourth-order valence-corrected chi connectivity index (χ4v) is 9.58. The molecule has 2 saturated carbocycles. The summed E-state index contributed by atoms with van der Waals surface area (Å²) < 4.78 is 81.1. The van der Waals surface area contributed by atoms with Crippen LogP contribution in [0.4, 0.5) is 18.9 Å². The summed E-state index contributed by atoms with van der Waals surface area (Å²) in [7, 11) is -2.49. The van der Waals surface area contributed by atoms with Gasteiger partial charge in [0.05, 0.1) is 35.2 Å². The Labute approximate surface area is 352 Å². The van der Waals surface area contributed by atoms with E-state index in [1.54, 1.807) is 32.2 Å². The number of ether oxygens (including phenoxy) is 2. The molecule has 1 aromatic heterocycles. The molecule has 8 rings (SSSR count). The van der Waals surface area contributed by atoms with Gasteiger partial charge in [0.2, 0.25) is 21.8 Å². The third-order valence-electron chi connectivity index (χ3n) is 12.3. The third kappa shape index (κ3) is 8.77. The zero-order chi connectivity index (χ0) is 43.2. The lowest BCUT2D eigenvalue weighted by molar-refractivity contribution is -0.140. The zero-order valence-electron chi connectivity index (χ0n) is 33.8. The molecule has 0 unspecified atom stereocenters. The molecule has 4 aromatic rings. The number of nitrogens with one attached hydrogen (secondary N) is 3. The van der Waals surface area contributed by atoms with Crippen LogP contribution in [0, 0.1) is 5.92 Å². The summed E-state index contributed by atoms with van der Waals surface area (Å²) in [6, 6.07) is 19.1. The van der Waals surface area contributed by atoms with Crippen molar-refractivity contribution >= 4 is 44.3 Å². The van der Waals surface area contributed by atoms with E-state index in [0.717, 1.165) is 24.1 Å². The molecular formula is C45H48F3N5O7S. The van der Waals surface area contributed by atoms with Gasteiger partial charge >= 0.3 is 6.18 Å². The number of pyridine rings is 1. The van der Waals surface area contributed by atoms with Gasteiger partial charge in [-0.05, 0) is 75.8 Å². The van der Waals surface area contributed by atoms with Gasteiger partial charge in [0.15, 0.2) is 0 Å². The highest BCUT2D eigenvalue weighted by Gasteiger charge is 2.63. The Morgan fingerprint density at radius 2 is 1.77 bits per heavy atom. The summed E-state index contributed by atoms with van der Waals surface area (Å²) >= 11 is 0. The Morgan fingerprint density at radius 3 is 2.51 bits per heavy atom. The summed E-state index contributed by atoms with van der Waals surface area (Å²) in [5.41, 5.74) is -0.351. The smallest absolute Gasteiger partial charge is 0.416 e. The number of halogens is 3. The monoisotopic (exact) mass is 859 g/mol. The molecule has 0 spiro atoms. The first-order chi connectivity index (χ1) is 29.1. The van der Waals surface area contributed by atoms with Crippen molar-refractivity contribution in [2.45, 2.75) is 99.4 Å². The standard InChI is InChI=1S/C45H48F3N5O7S/c1-43(20-21-43)61(57,58)52-42(56)44-26-30(44)14-9-4-3-5-10-17-35(49-31-16-11-15-29(22-31)45(46,47)48)41(55)53-27-33(24-38(53)40(54)51-44)60-39-25-36(28-12-7-6-8-13-28)50-37-23-32(59-2)18-19-34(37)39/h6-9,11-16,18-19,22-23,25,30,33,35,38,49H,3-5,10,17,20-21,24,26-27H2,1-2H3,(H,51,54)(H,52,56)/t30-,33-,35+,38+,44-/m1/s1. The van der Waals surface area contributed by atoms with Crippen molar-refractivity contribution in [3.8, 4) is 22.8 Å². The quantitative estimate of drug-likeness (QED) is 0.149. The Kier molecular flexibility index (Phi) is 11.3. The molecular weight excluding hydrogens is 812 g/mol. The molecule has 322 valence electrons. The number of sulfonamides is 1. The van der Waals surface area contributed by atoms with E-state index in [0.29, 0.717) is 60.2 Å². The van der Waals surface area contributed by atoms with Gasteiger partial charge in [0.1, 0.15) is 35.2 Å². The normalized spacial score (nSPS) is 25.3. The Morgan fingerprint density at radius 1 is 0.984 bits per heavy atom. The van der Waals surface area contributed by atoms with Crippen molar-refractivity contribution in [1.29, 1.82) is 0 Å². The number of hydrogen-bond donors (Lipinski definition) is 3. The molecule has 12 nitrogen and oxygen atoms in total. The number of alkyl halides is 3. The van der Waals surface area contributed by atoms with Gasteiger partial charge in [-0.1, -0.05) is 61.4 Å². The van der Waals surface area contributed by atoms with E-state index in [4.69, 9.17) is 14.5 Å². The molecule has 16 heteroatoms. The number of hydrogen-bond acceptors (Lipinski definition) is 9. The van der Waals surface area contributed by atoms with Gasteiger partial charge in [-0.3, -0.25) is 19.1 Å². The Balaban J connectivity index is 1.15. The molecule has 4 aliphatic rings. The average molecular weight is 860 g/mol. The minimum absolute atomic E-state index is 0.0108. The molecule has 0 bridgehead atoms. The van der Waals surface area contributed by atoms with E-state index >= 15 is 0 Å². The highest BCUT2D eigenvalue weighted by Crippen LogP contribution is 2.48. The van der Waals surface area contributed by atoms with Crippen LogP contribution >= 0.6 is 0 Å². The summed E-state index contributed by atoms with van der Waals surface area (Å²) in [5.74, 6) is -1.52. The number of methoxy groups -OCH3 is 1. The van der Waals surface area contributed by atoms with Crippen LogP contribution in [0.1, 0.15) is 70.3 Å². The van der Waals surface area contributed by atoms with Crippen molar-refractivity contribution in [2.24, 2.45) is 5.92 Å². The predicted molar refractivity (Wildman–Crippen MR) is 223 cm³/mol. The molecule has 0 radical (unpaired) electrons. The highest BCUT2D eigenvalue weighted by atomic mass is 32.2. The first-order valence-electron chi connectivity index (χ1n) is 20.6. The molecule has 5 atom stereocenters. The average Bonchev–Trinajstić information content (AvgIpc) is 4.12. The second kappa shape index (κ2) is 16.3. The van der Waals surface area contributed by atoms with E-state index in [1.165, 1.54) is 17.0 Å². The van der Waals surface area contributed by atoms with Crippen molar-refractivity contribution in [2.75, 3.05) is 19.0 Å². The van der Waals surface area contributed by atoms with Gasteiger partial charge in [-0.15, -0.1) is 0 Å². The van der Waals surface area contributed by atoms with Crippen molar-refractivity contribution in [3.63, 3.8) is 0 Å². The summed E-state index contributed by atoms with van der Waals surface area (Å²) in [5, 5.41) is 6.58. The first kappa shape index (κ1) is 42.1. The van der Waals surface area contributed by atoms with Gasteiger partial charge < -0.3 is 25.0 Å². The number of anilines is 1. The maximum atomic E-state index is 14.8. The SMILES string of the molecule is COc1ccc2c(O[C@@H]3C[C@H]4C(=O)N[C@]5(C(=O)NS(=O)(=O)C6(C)CC6)C[C@H]5C=CCCCCC[C@H](Nc5cccc(C(F)(F)F)c5)C(=O)N4C3)cc(-c3ccccc3)nc2c1. The molecule has 1 saturated heterocycles. The maximum Gasteiger partial charge on any atom is 0.416 e. The summed E-state index contributed by atoms with van der Waals surface area (Å²) in [4.78, 5) is 49.7. The third-order valence-corrected chi connectivity index (χ3v) is 14.5. The molecule has 3 amide bonds. The number of aromatic nitrogens is 1. The second-order valence-corrected chi connectivity index (χ2v) is 18.9. The highest BCUT2D eigenvalue weighted by molar-refractivity contribution is 7.91. The van der Waals surface area contributed by atoms with Crippen LogP contribution in [-0.2, 0) is 30.6 Å². The first-order valence-corrected chi connectivity index (χ1v) is 22.1. The lowest BCUT2D eigenvalue weighted by Gasteiger charge is -2.30. The van der Waals surface area contributed by atoms with Crippen LogP contribution in [0.5, 0.6) is 11.5 Å². The van der Waals surface area contributed by atoms with Gasteiger partial charge in [0.25, 0.3) is 5.91 Å². The Bertz CT molecular complexity index is 2480. The fraction of sp³-hybridized carbons (Fsp3) is 0.422. The van der Waals surface area contributed by atoms with Crippen molar-refractivity contribution in [3.05, 3.63) is 96.6 Å². The largest absolute Gasteiger partial charge is 0.497 e. The second-order valence-electron chi connectivity index (χ2n) is 16.7. The van der Waals surface area contributed by atoms with Crippen molar-refractivity contribution in [1.82, 2.24) is 19.9 Å². The number of nitrogens with zero attached hydrogens (tertiary/aromatic N) is 2. The number of carbonyl (C=O) groups excluding carboxylic acids is 3. The minimum Gasteiger partial charge on any atom is -0.497 e. The molecule has 3 heterocycles. The van der Waals surface area contributed by atoms with Crippen LogP contribution in [0.15, 0.2) is 91.0 Å². The zero-order valence-corrected chi connectivity index (χ0v) is 34.7. The molecule has 2 aliphatic carbocycles. The minimum atomic E-state index is -4.61. The number of rotatable bonds is 9. The molecule has 3 aromatic carbocycles. The topological polar surface area (TPSA) is 156 Å². The van der Waals surface area contributed by atoms with Crippen molar-refractivity contribution < 1.29 is 45.4 Å². The van der Waals surface area contributed by atoms with Crippen LogP contribution in [0.2, 0.25) is 0 Å². The van der Waals surface area contributed by atoms with Crippen LogP contribution < -0.4 is 24.8 Å². The number of allylic oxidation sites excluding steroid dienone is 1.